The Kier molecular flexibility index (Phi) is 3.47. The zero-order valence-electron chi connectivity index (χ0n) is 12.7. The topological polar surface area (TPSA) is 79.8 Å². The third kappa shape index (κ3) is 2.49. The molecule has 0 bridgehead atoms. The van der Waals surface area contributed by atoms with Gasteiger partial charge in [0.15, 0.2) is 0 Å². The van der Waals surface area contributed by atoms with Crippen LogP contribution >= 0.6 is 0 Å². The predicted octanol–water partition coefficient (Wildman–Crippen LogP) is 2.00. The van der Waals surface area contributed by atoms with Crippen LogP contribution in [0.25, 0.3) is 11.0 Å². The number of benzene rings is 2. The molecule has 0 aliphatic rings. The number of nitriles is 1. The molecule has 2 aromatic carbocycles. The lowest BCUT2D eigenvalue weighted by Crippen LogP contribution is -2.19. The van der Waals surface area contributed by atoms with E-state index in [0.717, 1.165) is 5.52 Å². The second-order valence-electron chi connectivity index (χ2n) is 5.25. The van der Waals surface area contributed by atoms with Crippen LogP contribution < -0.4 is 11.0 Å². The molecule has 114 valence electrons. The zero-order chi connectivity index (χ0) is 16.6. The van der Waals surface area contributed by atoms with Gasteiger partial charge in [-0.2, -0.15) is 5.26 Å². The summed E-state index contributed by atoms with van der Waals surface area (Å²) in [5.74, 6) is -0.270. The smallest absolute Gasteiger partial charge is 0.322 e. The maximum Gasteiger partial charge on any atom is 0.328 e. The Morgan fingerprint density at radius 3 is 2.35 bits per heavy atom. The molecule has 0 aliphatic carbocycles. The summed E-state index contributed by atoms with van der Waals surface area (Å²) >= 11 is 0. The minimum absolute atomic E-state index is 0.135. The highest BCUT2D eigenvalue weighted by atomic mass is 16.2. The van der Waals surface area contributed by atoms with Gasteiger partial charge in [0.05, 0.1) is 22.7 Å². The van der Waals surface area contributed by atoms with Crippen molar-refractivity contribution in [1.29, 1.82) is 5.26 Å². The molecular formula is C17H14N4O2. The number of rotatable bonds is 2. The molecule has 0 spiro atoms. The molecule has 6 heteroatoms. The van der Waals surface area contributed by atoms with E-state index in [4.69, 9.17) is 5.26 Å². The highest BCUT2D eigenvalue weighted by Gasteiger charge is 2.12. The van der Waals surface area contributed by atoms with E-state index in [0.29, 0.717) is 22.3 Å². The summed E-state index contributed by atoms with van der Waals surface area (Å²) in [6.45, 7) is 0. The van der Waals surface area contributed by atoms with Crippen LogP contribution in [-0.2, 0) is 14.1 Å². The molecule has 1 N–H and O–H groups in total. The second-order valence-corrected chi connectivity index (χ2v) is 5.25. The van der Waals surface area contributed by atoms with Crippen LogP contribution in [0.2, 0.25) is 0 Å². The monoisotopic (exact) mass is 306 g/mol. The van der Waals surface area contributed by atoms with Gasteiger partial charge < -0.3 is 5.32 Å². The standard InChI is InChI=1S/C17H14N4O2/c1-20-14-8-5-12(9-15(14)21(2)17(20)23)16(22)19-13-6-3-11(10-18)4-7-13/h3-9H,1-2H3,(H,19,22). The number of fused-ring (bicyclic) bond motifs is 1. The molecule has 0 unspecified atom stereocenters. The number of amides is 1. The van der Waals surface area contributed by atoms with Crippen molar-refractivity contribution in [3.05, 3.63) is 64.1 Å². The maximum absolute atomic E-state index is 12.3. The average molecular weight is 306 g/mol. The number of nitrogens with zero attached hydrogens (tertiary/aromatic N) is 3. The number of carbonyl (C=O) groups excluding carboxylic acids is 1. The number of hydrogen-bond acceptors (Lipinski definition) is 3. The first-order valence-electron chi connectivity index (χ1n) is 6.98. The lowest BCUT2D eigenvalue weighted by Gasteiger charge is -2.06. The Morgan fingerprint density at radius 2 is 1.70 bits per heavy atom. The molecule has 1 heterocycles. The van der Waals surface area contributed by atoms with Gasteiger partial charge in [-0.1, -0.05) is 0 Å². The Morgan fingerprint density at radius 1 is 1.04 bits per heavy atom. The summed E-state index contributed by atoms with van der Waals surface area (Å²) in [6.07, 6.45) is 0. The molecule has 1 amide bonds. The Labute approximate surface area is 132 Å². The third-order valence-corrected chi connectivity index (χ3v) is 3.81. The summed E-state index contributed by atoms with van der Waals surface area (Å²) in [6, 6.07) is 13.8. The fraction of sp³-hybridized carbons (Fsp3) is 0.118. The van der Waals surface area contributed by atoms with Gasteiger partial charge in [-0.3, -0.25) is 13.9 Å². The van der Waals surface area contributed by atoms with Gasteiger partial charge in [-0.25, -0.2) is 4.79 Å². The van der Waals surface area contributed by atoms with Gasteiger partial charge in [0.25, 0.3) is 5.91 Å². The van der Waals surface area contributed by atoms with Crippen molar-refractivity contribution in [3.63, 3.8) is 0 Å². The van der Waals surface area contributed by atoms with Gasteiger partial charge in [-0.05, 0) is 42.5 Å². The molecule has 0 atom stereocenters. The van der Waals surface area contributed by atoms with Gasteiger partial charge in [-0.15, -0.1) is 0 Å². The Bertz CT molecular complexity index is 1000. The van der Waals surface area contributed by atoms with Gasteiger partial charge in [0, 0.05) is 25.3 Å². The van der Waals surface area contributed by atoms with Crippen LogP contribution in [0.1, 0.15) is 15.9 Å². The molecule has 0 saturated carbocycles. The maximum atomic E-state index is 12.3. The van der Waals surface area contributed by atoms with E-state index in [1.54, 1.807) is 56.6 Å². The number of anilines is 1. The molecule has 3 aromatic rings. The van der Waals surface area contributed by atoms with Gasteiger partial charge >= 0.3 is 5.69 Å². The van der Waals surface area contributed by atoms with E-state index in [1.165, 1.54) is 9.13 Å². The van der Waals surface area contributed by atoms with E-state index < -0.39 is 0 Å². The summed E-state index contributed by atoms with van der Waals surface area (Å²) in [5.41, 5.74) is 2.94. The number of aryl methyl sites for hydroxylation is 2. The molecule has 0 saturated heterocycles. The van der Waals surface area contributed by atoms with Gasteiger partial charge in [0.1, 0.15) is 0 Å². The SMILES string of the molecule is Cn1c(=O)n(C)c2cc(C(=O)Nc3ccc(C#N)cc3)ccc21. The number of carbonyl (C=O) groups is 1. The minimum atomic E-state index is -0.270. The quantitative estimate of drug-likeness (QED) is 0.786. The largest absolute Gasteiger partial charge is 0.328 e. The molecule has 6 nitrogen and oxygen atoms in total. The van der Waals surface area contributed by atoms with Crippen molar-refractivity contribution >= 4 is 22.6 Å². The second kappa shape index (κ2) is 5.46. The predicted molar refractivity (Wildman–Crippen MR) is 87.3 cm³/mol. The van der Waals surface area contributed by atoms with E-state index >= 15 is 0 Å². The minimum Gasteiger partial charge on any atom is -0.322 e. The Balaban J connectivity index is 1.93. The van der Waals surface area contributed by atoms with E-state index in [1.807, 2.05) is 6.07 Å². The lowest BCUT2D eigenvalue weighted by molar-refractivity contribution is 0.102. The summed E-state index contributed by atoms with van der Waals surface area (Å²) in [7, 11) is 3.37. The first kappa shape index (κ1) is 14.6. The van der Waals surface area contributed by atoms with Crippen molar-refractivity contribution in [2.75, 3.05) is 5.32 Å². The average Bonchev–Trinajstić information content (AvgIpc) is 2.79. The third-order valence-electron chi connectivity index (χ3n) is 3.81. The number of nitrogens with one attached hydrogen (secondary N) is 1. The summed E-state index contributed by atoms with van der Waals surface area (Å²) < 4.78 is 3.05. The molecule has 1 aromatic heterocycles. The molecule has 23 heavy (non-hydrogen) atoms. The van der Waals surface area contributed by atoms with Crippen LogP contribution in [-0.4, -0.2) is 15.0 Å². The van der Waals surface area contributed by atoms with E-state index in [9.17, 15) is 9.59 Å². The van der Waals surface area contributed by atoms with Crippen LogP contribution in [0.15, 0.2) is 47.3 Å². The molecule has 0 aliphatic heterocycles. The van der Waals surface area contributed by atoms with Crippen molar-refractivity contribution in [1.82, 2.24) is 9.13 Å². The fourth-order valence-electron chi connectivity index (χ4n) is 2.48. The van der Waals surface area contributed by atoms with E-state index in [2.05, 4.69) is 5.32 Å². The normalized spacial score (nSPS) is 10.5. The number of imidazole rings is 1. The summed E-state index contributed by atoms with van der Waals surface area (Å²) in [5, 5.41) is 11.5. The number of aromatic nitrogens is 2. The van der Waals surface area contributed by atoms with Crippen LogP contribution in [0.5, 0.6) is 0 Å². The van der Waals surface area contributed by atoms with Gasteiger partial charge in [0.2, 0.25) is 0 Å². The van der Waals surface area contributed by atoms with E-state index in [-0.39, 0.29) is 11.6 Å². The fourth-order valence-corrected chi connectivity index (χ4v) is 2.48. The first-order chi connectivity index (χ1) is 11.0. The van der Waals surface area contributed by atoms with Crippen molar-refractivity contribution in [3.8, 4) is 6.07 Å². The lowest BCUT2D eigenvalue weighted by atomic mass is 10.1. The highest BCUT2D eigenvalue weighted by molar-refractivity contribution is 6.06. The Hall–Kier alpha value is -3.33. The molecule has 0 radical (unpaired) electrons. The van der Waals surface area contributed by atoms with Crippen molar-refractivity contribution in [2.24, 2.45) is 14.1 Å². The van der Waals surface area contributed by atoms with Crippen molar-refractivity contribution < 1.29 is 4.79 Å². The van der Waals surface area contributed by atoms with Crippen molar-refractivity contribution in [2.45, 2.75) is 0 Å². The van der Waals surface area contributed by atoms with Crippen LogP contribution in [0.3, 0.4) is 0 Å². The van der Waals surface area contributed by atoms with Crippen LogP contribution in [0, 0.1) is 11.3 Å². The number of hydrogen-bond donors (Lipinski definition) is 1. The molecule has 3 rings (SSSR count). The highest BCUT2D eigenvalue weighted by Crippen LogP contribution is 2.16. The molecular weight excluding hydrogens is 292 g/mol. The molecule has 0 fully saturated rings. The first-order valence-corrected chi connectivity index (χ1v) is 6.98. The summed E-state index contributed by atoms with van der Waals surface area (Å²) in [4.78, 5) is 24.3. The zero-order valence-corrected chi connectivity index (χ0v) is 12.7. The van der Waals surface area contributed by atoms with Crippen LogP contribution in [0.4, 0.5) is 5.69 Å².